The number of imidazole rings is 1. The number of hydrogen-bond acceptors (Lipinski definition) is 3. The molecule has 1 aromatic heterocycles. The molecule has 122 valence electrons. The molecule has 0 saturated carbocycles. The Morgan fingerprint density at radius 3 is 3.00 bits per heavy atom. The van der Waals surface area contributed by atoms with Gasteiger partial charge in [0, 0.05) is 24.6 Å². The van der Waals surface area contributed by atoms with Crippen LogP contribution in [0.15, 0.2) is 54.9 Å². The van der Waals surface area contributed by atoms with E-state index in [0.29, 0.717) is 18.0 Å². The number of nitrogens with one attached hydrogen (secondary N) is 2. The van der Waals surface area contributed by atoms with Gasteiger partial charge in [-0.1, -0.05) is 30.3 Å². The van der Waals surface area contributed by atoms with Crippen LogP contribution in [-0.2, 0) is 4.74 Å². The van der Waals surface area contributed by atoms with Crippen LogP contribution in [0, 0.1) is 5.92 Å². The average Bonchev–Trinajstić information content (AvgIpc) is 3.28. The van der Waals surface area contributed by atoms with Crippen LogP contribution in [0.5, 0.6) is 0 Å². The van der Waals surface area contributed by atoms with Crippen molar-refractivity contribution in [3.8, 4) is 0 Å². The summed E-state index contributed by atoms with van der Waals surface area (Å²) >= 11 is 0. The highest BCUT2D eigenvalue weighted by molar-refractivity contribution is 5.97. The molecule has 1 amide bonds. The number of fused-ring (bicyclic) bond motifs is 1. The first kappa shape index (κ1) is 14.9. The van der Waals surface area contributed by atoms with E-state index in [1.807, 2.05) is 30.3 Å². The van der Waals surface area contributed by atoms with Crippen molar-refractivity contribution in [3.05, 3.63) is 66.0 Å². The van der Waals surface area contributed by atoms with Crippen molar-refractivity contribution in [3.63, 3.8) is 0 Å². The zero-order valence-corrected chi connectivity index (χ0v) is 13.2. The van der Waals surface area contributed by atoms with Gasteiger partial charge in [0.2, 0.25) is 0 Å². The highest BCUT2D eigenvalue weighted by Gasteiger charge is 2.29. The molecule has 1 saturated heterocycles. The average molecular weight is 321 g/mol. The number of benzene rings is 2. The van der Waals surface area contributed by atoms with Crippen LogP contribution in [0.1, 0.15) is 28.4 Å². The summed E-state index contributed by atoms with van der Waals surface area (Å²) in [7, 11) is 0. The van der Waals surface area contributed by atoms with E-state index in [-0.39, 0.29) is 12.0 Å². The van der Waals surface area contributed by atoms with Crippen molar-refractivity contribution in [1.29, 1.82) is 0 Å². The minimum absolute atomic E-state index is 0.0570. The normalized spacial score (nSPS) is 20.3. The van der Waals surface area contributed by atoms with Gasteiger partial charge in [-0.3, -0.25) is 4.79 Å². The van der Waals surface area contributed by atoms with Crippen molar-refractivity contribution < 1.29 is 9.53 Å². The summed E-state index contributed by atoms with van der Waals surface area (Å²) in [4.78, 5) is 19.6. The molecule has 3 aromatic rings. The van der Waals surface area contributed by atoms with Gasteiger partial charge in [0.1, 0.15) is 0 Å². The van der Waals surface area contributed by atoms with Gasteiger partial charge in [-0.25, -0.2) is 4.98 Å². The number of H-pyrrole nitrogens is 1. The maximum Gasteiger partial charge on any atom is 0.251 e. The molecule has 4 rings (SSSR count). The number of carbonyl (C=O) groups is 1. The van der Waals surface area contributed by atoms with Crippen LogP contribution in [0.25, 0.3) is 11.0 Å². The number of rotatable bonds is 4. The van der Waals surface area contributed by atoms with E-state index < -0.39 is 0 Å². The maximum absolute atomic E-state index is 12.4. The minimum Gasteiger partial charge on any atom is -0.373 e. The molecule has 0 aliphatic carbocycles. The molecular formula is C19H19N3O2. The summed E-state index contributed by atoms with van der Waals surface area (Å²) in [5.74, 6) is 0.234. The molecule has 0 spiro atoms. The van der Waals surface area contributed by atoms with Crippen molar-refractivity contribution in [2.75, 3.05) is 13.2 Å². The molecule has 5 heteroatoms. The van der Waals surface area contributed by atoms with Crippen molar-refractivity contribution in [2.45, 2.75) is 12.5 Å². The first-order valence-electron chi connectivity index (χ1n) is 8.19. The van der Waals surface area contributed by atoms with Crippen LogP contribution >= 0.6 is 0 Å². The van der Waals surface area contributed by atoms with Gasteiger partial charge in [-0.05, 0) is 30.2 Å². The maximum atomic E-state index is 12.4. The topological polar surface area (TPSA) is 67.0 Å². The molecule has 1 aliphatic rings. The van der Waals surface area contributed by atoms with Crippen LogP contribution in [0.4, 0.5) is 0 Å². The number of aromatic amines is 1. The lowest BCUT2D eigenvalue weighted by Gasteiger charge is -2.19. The lowest BCUT2D eigenvalue weighted by atomic mass is 9.95. The fourth-order valence-corrected chi connectivity index (χ4v) is 3.26. The highest BCUT2D eigenvalue weighted by Crippen LogP contribution is 2.33. The fraction of sp³-hybridized carbons (Fsp3) is 0.263. The second-order valence-electron chi connectivity index (χ2n) is 6.10. The molecule has 2 atom stereocenters. The van der Waals surface area contributed by atoms with Crippen molar-refractivity contribution in [2.24, 2.45) is 5.92 Å². The lowest BCUT2D eigenvalue weighted by molar-refractivity contribution is 0.0846. The minimum atomic E-state index is -0.0646. The first-order valence-corrected chi connectivity index (χ1v) is 8.19. The van der Waals surface area contributed by atoms with Crippen molar-refractivity contribution in [1.82, 2.24) is 15.3 Å². The summed E-state index contributed by atoms with van der Waals surface area (Å²) in [5, 5.41) is 3.04. The number of hydrogen-bond donors (Lipinski definition) is 2. The highest BCUT2D eigenvalue weighted by atomic mass is 16.5. The van der Waals surface area contributed by atoms with Gasteiger partial charge >= 0.3 is 0 Å². The zero-order valence-electron chi connectivity index (χ0n) is 13.2. The Morgan fingerprint density at radius 1 is 1.25 bits per heavy atom. The number of nitrogens with zero attached hydrogens (tertiary/aromatic N) is 1. The Hall–Kier alpha value is -2.66. The third kappa shape index (κ3) is 2.90. The van der Waals surface area contributed by atoms with Gasteiger partial charge in [-0.15, -0.1) is 0 Å². The Morgan fingerprint density at radius 2 is 2.12 bits per heavy atom. The molecule has 5 nitrogen and oxygen atoms in total. The summed E-state index contributed by atoms with van der Waals surface area (Å²) in [6.45, 7) is 1.35. The predicted molar refractivity (Wildman–Crippen MR) is 91.7 cm³/mol. The molecule has 1 aliphatic heterocycles. The van der Waals surface area contributed by atoms with Crippen LogP contribution in [0.3, 0.4) is 0 Å². The smallest absolute Gasteiger partial charge is 0.251 e. The van der Waals surface area contributed by atoms with E-state index in [2.05, 4.69) is 27.4 Å². The quantitative estimate of drug-likeness (QED) is 0.776. The number of ether oxygens (including phenoxy) is 1. The molecule has 0 unspecified atom stereocenters. The molecule has 0 radical (unpaired) electrons. The van der Waals surface area contributed by atoms with E-state index in [9.17, 15) is 4.79 Å². The van der Waals surface area contributed by atoms with Crippen LogP contribution < -0.4 is 5.32 Å². The molecule has 2 heterocycles. The van der Waals surface area contributed by atoms with E-state index in [4.69, 9.17) is 4.74 Å². The fourth-order valence-electron chi connectivity index (χ4n) is 3.26. The first-order chi connectivity index (χ1) is 11.8. The molecule has 2 N–H and O–H groups in total. The number of carbonyl (C=O) groups excluding carboxylic acids is 1. The second-order valence-corrected chi connectivity index (χ2v) is 6.10. The van der Waals surface area contributed by atoms with E-state index >= 15 is 0 Å². The molecule has 24 heavy (non-hydrogen) atoms. The van der Waals surface area contributed by atoms with Gasteiger partial charge in [0.05, 0.1) is 23.5 Å². The second kappa shape index (κ2) is 6.45. The van der Waals surface area contributed by atoms with Crippen LogP contribution in [0.2, 0.25) is 0 Å². The lowest BCUT2D eigenvalue weighted by Crippen LogP contribution is -2.30. The molecule has 0 bridgehead atoms. The van der Waals surface area contributed by atoms with E-state index in [0.717, 1.165) is 24.1 Å². The monoisotopic (exact) mass is 321 g/mol. The summed E-state index contributed by atoms with van der Waals surface area (Å²) in [6.07, 6.45) is 2.65. The predicted octanol–water partition coefficient (Wildman–Crippen LogP) is 3.07. The third-order valence-corrected chi connectivity index (χ3v) is 4.55. The van der Waals surface area contributed by atoms with Crippen LogP contribution in [-0.4, -0.2) is 29.0 Å². The molecule has 2 aromatic carbocycles. The summed E-state index contributed by atoms with van der Waals surface area (Å²) < 4.78 is 5.87. The van der Waals surface area contributed by atoms with Gasteiger partial charge in [-0.2, -0.15) is 0 Å². The third-order valence-electron chi connectivity index (χ3n) is 4.55. The number of aromatic nitrogens is 2. The van der Waals surface area contributed by atoms with Gasteiger partial charge < -0.3 is 15.0 Å². The summed E-state index contributed by atoms with van der Waals surface area (Å²) in [6, 6.07) is 15.7. The van der Waals surface area contributed by atoms with E-state index in [1.54, 1.807) is 12.4 Å². The number of amides is 1. The van der Waals surface area contributed by atoms with Crippen molar-refractivity contribution >= 4 is 16.9 Å². The zero-order chi connectivity index (χ0) is 16.4. The standard InChI is InChI=1S/C19H19N3O2/c23-19(14-6-7-16-17(10-14)22-12-21-16)20-11-15-8-9-24-18(15)13-4-2-1-3-5-13/h1-7,10,12,15,18H,8-9,11H2,(H,20,23)(H,21,22)/t15-,18+/m1/s1. The molecule has 1 fully saturated rings. The van der Waals surface area contributed by atoms with E-state index in [1.165, 1.54) is 5.56 Å². The Kier molecular flexibility index (Phi) is 4.01. The largest absolute Gasteiger partial charge is 0.373 e. The SMILES string of the molecule is O=C(NC[C@H]1CCO[C@H]1c1ccccc1)c1ccc2nc[nH]c2c1. The molecular weight excluding hydrogens is 302 g/mol. The summed E-state index contributed by atoms with van der Waals surface area (Å²) in [5.41, 5.74) is 3.55. The Balaban J connectivity index is 1.43. The van der Waals surface area contributed by atoms with Gasteiger partial charge in [0.25, 0.3) is 5.91 Å². The Bertz CT molecular complexity index is 844. The van der Waals surface area contributed by atoms with Gasteiger partial charge in [0.15, 0.2) is 0 Å². The Labute approximate surface area is 140 Å².